The second-order valence-corrected chi connectivity index (χ2v) is 10.3. The van der Waals surface area contributed by atoms with E-state index in [0.717, 1.165) is 30.6 Å². The van der Waals surface area contributed by atoms with Crippen molar-refractivity contribution in [3.8, 4) is 5.75 Å². The first-order chi connectivity index (χ1) is 15.4. The van der Waals surface area contributed by atoms with Crippen LogP contribution >= 0.6 is 0 Å². The van der Waals surface area contributed by atoms with Crippen molar-refractivity contribution >= 4 is 21.6 Å². The smallest absolute Gasteiger partial charge is 0.243 e. The van der Waals surface area contributed by atoms with Crippen LogP contribution in [-0.2, 0) is 27.7 Å². The zero-order chi connectivity index (χ0) is 22.7. The van der Waals surface area contributed by atoms with E-state index < -0.39 is 10.0 Å². The van der Waals surface area contributed by atoms with E-state index in [4.69, 9.17) is 4.74 Å². The van der Waals surface area contributed by atoms with Crippen LogP contribution in [-0.4, -0.2) is 62.9 Å². The molecule has 0 bridgehead atoms. The molecule has 0 aromatic heterocycles. The number of methoxy groups -OCH3 is 1. The number of sulfonamides is 1. The van der Waals surface area contributed by atoms with Crippen molar-refractivity contribution in [3.63, 3.8) is 0 Å². The quantitative estimate of drug-likeness (QED) is 0.692. The highest BCUT2D eigenvalue weighted by Gasteiger charge is 2.33. The summed E-state index contributed by atoms with van der Waals surface area (Å²) in [5.41, 5.74) is 3.14. The molecule has 1 aliphatic carbocycles. The van der Waals surface area contributed by atoms with Crippen LogP contribution < -0.4 is 10.1 Å². The van der Waals surface area contributed by atoms with Crippen LogP contribution in [0.4, 0.5) is 5.69 Å². The number of fused-ring (bicyclic) bond motifs is 1. The first-order valence-corrected chi connectivity index (χ1v) is 12.7. The summed E-state index contributed by atoms with van der Waals surface area (Å²) < 4.78 is 33.1. The molecule has 1 fully saturated rings. The van der Waals surface area contributed by atoms with Gasteiger partial charge in [-0.1, -0.05) is 13.0 Å². The number of anilines is 1. The predicted molar refractivity (Wildman–Crippen MR) is 125 cm³/mol. The van der Waals surface area contributed by atoms with Gasteiger partial charge in [0.2, 0.25) is 15.9 Å². The molecule has 1 N–H and O–H groups in total. The van der Waals surface area contributed by atoms with Crippen molar-refractivity contribution < 1.29 is 17.9 Å². The summed E-state index contributed by atoms with van der Waals surface area (Å²) in [5, 5.41) is 2.96. The fourth-order valence-corrected chi connectivity index (χ4v) is 6.10. The monoisotopic (exact) mass is 457 g/mol. The highest BCUT2D eigenvalue weighted by molar-refractivity contribution is 7.89. The number of carbonyl (C=O) groups is 1. The second-order valence-electron chi connectivity index (χ2n) is 8.37. The summed E-state index contributed by atoms with van der Waals surface area (Å²) in [4.78, 5) is 15.4. The molecule has 0 unspecified atom stereocenters. The molecule has 0 saturated carbocycles. The van der Waals surface area contributed by atoms with Crippen LogP contribution in [0.5, 0.6) is 5.75 Å². The fourth-order valence-electron chi connectivity index (χ4n) is 4.62. The van der Waals surface area contributed by atoms with Gasteiger partial charge in [0.15, 0.2) is 0 Å². The molecule has 4 rings (SSSR count). The molecular formula is C24H31N3O4S. The van der Waals surface area contributed by atoms with Crippen molar-refractivity contribution in [2.45, 2.75) is 43.5 Å². The van der Waals surface area contributed by atoms with Gasteiger partial charge in [-0.25, -0.2) is 8.42 Å². The molecule has 7 nitrogen and oxygen atoms in total. The summed E-state index contributed by atoms with van der Waals surface area (Å²) in [6, 6.07) is 12.5. The minimum Gasteiger partial charge on any atom is -0.497 e. The van der Waals surface area contributed by atoms with Crippen LogP contribution in [0.1, 0.15) is 30.9 Å². The Balaban J connectivity index is 1.38. The largest absolute Gasteiger partial charge is 0.497 e. The molecule has 32 heavy (non-hydrogen) atoms. The Labute approximate surface area is 190 Å². The SMILES string of the molecule is CC[C@@H](C(=O)Nc1ccc(OC)cc1)N1CCN(S(=O)(=O)c2ccc3c(c2)CCC3)CC1. The third-order valence-corrected chi connectivity index (χ3v) is 8.36. The molecule has 1 amide bonds. The van der Waals surface area contributed by atoms with E-state index in [1.807, 2.05) is 31.2 Å². The van der Waals surface area contributed by atoms with Gasteiger partial charge in [0, 0.05) is 31.9 Å². The number of nitrogens with zero attached hydrogens (tertiary/aromatic N) is 2. The summed E-state index contributed by atoms with van der Waals surface area (Å²) >= 11 is 0. The Morgan fingerprint density at radius 2 is 1.72 bits per heavy atom. The first-order valence-electron chi connectivity index (χ1n) is 11.2. The Kier molecular flexibility index (Phi) is 6.83. The van der Waals surface area contributed by atoms with E-state index in [2.05, 4.69) is 10.2 Å². The number of hydrogen-bond acceptors (Lipinski definition) is 5. The lowest BCUT2D eigenvalue weighted by atomic mass is 10.1. The number of aryl methyl sites for hydroxylation is 2. The molecule has 2 aromatic rings. The van der Waals surface area contributed by atoms with Gasteiger partial charge in [0.05, 0.1) is 18.0 Å². The third-order valence-electron chi connectivity index (χ3n) is 6.47. The number of nitrogens with one attached hydrogen (secondary N) is 1. The molecule has 1 atom stereocenters. The van der Waals surface area contributed by atoms with E-state index in [-0.39, 0.29) is 11.9 Å². The lowest BCUT2D eigenvalue weighted by Gasteiger charge is -2.37. The van der Waals surface area contributed by atoms with E-state index in [1.165, 1.54) is 5.56 Å². The van der Waals surface area contributed by atoms with E-state index in [9.17, 15) is 13.2 Å². The highest BCUT2D eigenvalue weighted by Crippen LogP contribution is 2.27. The van der Waals surface area contributed by atoms with E-state index in [1.54, 1.807) is 29.6 Å². The van der Waals surface area contributed by atoms with Gasteiger partial charge < -0.3 is 10.1 Å². The number of hydrogen-bond donors (Lipinski definition) is 1. The molecule has 172 valence electrons. The molecule has 0 radical (unpaired) electrons. The average Bonchev–Trinajstić information content (AvgIpc) is 3.28. The van der Waals surface area contributed by atoms with Crippen molar-refractivity contribution in [3.05, 3.63) is 53.6 Å². The van der Waals surface area contributed by atoms with Crippen molar-refractivity contribution in [2.24, 2.45) is 0 Å². The molecular weight excluding hydrogens is 426 g/mol. The second kappa shape index (κ2) is 9.60. The first kappa shape index (κ1) is 22.8. The summed E-state index contributed by atoms with van der Waals surface area (Å²) in [6.45, 7) is 3.79. The molecule has 1 saturated heterocycles. The summed E-state index contributed by atoms with van der Waals surface area (Å²) in [7, 11) is -1.92. The Morgan fingerprint density at radius 1 is 1.03 bits per heavy atom. The maximum atomic E-state index is 13.2. The van der Waals surface area contributed by atoms with Crippen LogP contribution in [0.15, 0.2) is 47.4 Å². The molecule has 1 heterocycles. The molecule has 1 aliphatic heterocycles. The molecule has 0 spiro atoms. The van der Waals surface area contributed by atoms with Gasteiger partial charge in [-0.2, -0.15) is 4.31 Å². The number of piperazine rings is 1. The minimum absolute atomic E-state index is 0.0763. The number of ether oxygens (including phenoxy) is 1. The standard InChI is InChI=1S/C24H31N3O4S/c1-3-23(24(28)25-20-8-10-21(31-2)11-9-20)26-13-15-27(16-14-26)32(29,30)22-12-7-18-5-4-6-19(18)17-22/h7-12,17,23H,3-6,13-16H2,1-2H3,(H,25,28)/t23-/m0/s1. The fraction of sp³-hybridized carbons (Fsp3) is 0.458. The predicted octanol–water partition coefficient (Wildman–Crippen LogP) is 2.91. The Hall–Kier alpha value is -2.42. The third kappa shape index (κ3) is 4.67. The van der Waals surface area contributed by atoms with E-state index in [0.29, 0.717) is 43.2 Å². The summed E-state index contributed by atoms with van der Waals surface area (Å²) in [5.74, 6) is 0.656. The minimum atomic E-state index is -3.52. The van der Waals surface area contributed by atoms with Gasteiger partial charge in [-0.05, 0) is 73.2 Å². The van der Waals surface area contributed by atoms with Gasteiger partial charge >= 0.3 is 0 Å². The van der Waals surface area contributed by atoms with Gasteiger partial charge in [-0.3, -0.25) is 9.69 Å². The van der Waals surface area contributed by atoms with Gasteiger partial charge in [0.25, 0.3) is 0 Å². The van der Waals surface area contributed by atoms with Crippen molar-refractivity contribution in [1.82, 2.24) is 9.21 Å². The molecule has 2 aromatic carbocycles. The van der Waals surface area contributed by atoms with Crippen molar-refractivity contribution in [2.75, 3.05) is 38.6 Å². The zero-order valence-corrected chi connectivity index (χ0v) is 19.5. The molecule has 2 aliphatic rings. The normalized spacial score (nSPS) is 18.2. The molecule has 8 heteroatoms. The van der Waals surface area contributed by atoms with Crippen LogP contribution in [0.2, 0.25) is 0 Å². The maximum absolute atomic E-state index is 13.2. The van der Waals surface area contributed by atoms with Crippen LogP contribution in [0, 0.1) is 0 Å². The highest BCUT2D eigenvalue weighted by atomic mass is 32.2. The maximum Gasteiger partial charge on any atom is 0.243 e. The number of benzene rings is 2. The lowest BCUT2D eigenvalue weighted by Crippen LogP contribution is -2.54. The average molecular weight is 458 g/mol. The topological polar surface area (TPSA) is 79.0 Å². The number of carbonyl (C=O) groups excluding carboxylic acids is 1. The number of amides is 1. The van der Waals surface area contributed by atoms with Crippen molar-refractivity contribution in [1.29, 1.82) is 0 Å². The zero-order valence-electron chi connectivity index (χ0n) is 18.7. The van der Waals surface area contributed by atoms with E-state index >= 15 is 0 Å². The van der Waals surface area contributed by atoms with Crippen LogP contribution in [0.3, 0.4) is 0 Å². The number of rotatable bonds is 7. The van der Waals surface area contributed by atoms with Crippen LogP contribution in [0.25, 0.3) is 0 Å². The Bertz CT molecular complexity index is 1060. The Morgan fingerprint density at radius 3 is 2.38 bits per heavy atom. The lowest BCUT2D eigenvalue weighted by molar-refractivity contribution is -0.121. The van der Waals surface area contributed by atoms with Gasteiger partial charge in [0.1, 0.15) is 5.75 Å². The summed E-state index contributed by atoms with van der Waals surface area (Å²) in [6.07, 6.45) is 3.73. The van der Waals surface area contributed by atoms with Gasteiger partial charge in [-0.15, -0.1) is 0 Å².